The SMILES string of the molecule is CC(NC(=O)/C(C#N)=C\N1CCCCC1CCO)c1ccc2c(c1)CCCC2. The Morgan fingerprint density at radius 2 is 2.11 bits per heavy atom. The van der Waals surface area contributed by atoms with Crippen LogP contribution in [0.4, 0.5) is 0 Å². The van der Waals surface area contributed by atoms with Crippen LogP contribution in [0.1, 0.15) is 68.2 Å². The number of hydrogen-bond donors (Lipinski definition) is 2. The van der Waals surface area contributed by atoms with Crippen molar-refractivity contribution in [2.45, 2.75) is 70.4 Å². The summed E-state index contributed by atoms with van der Waals surface area (Å²) >= 11 is 0. The van der Waals surface area contributed by atoms with E-state index < -0.39 is 0 Å². The van der Waals surface area contributed by atoms with Crippen molar-refractivity contribution in [2.75, 3.05) is 13.2 Å². The summed E-state index contributed by atoms with van der Waals surface area (Å²) in [7, 11) is 0. The fraction of sp³-hybridized carbons (Fsp3) is 0.565. The van der Waals surface area contributed by atoms with Crippen LogP contribution >= 0.6 is 0 Å². The molecule has 1 fully saturated rings. The van der Waals surface area contributed by atoms with Crippen LogP contribution in [0, 0.1) is 11.3 Å². The molecule has 2 N–H and O–H groups in total. The molecule has 0 bridgehead atoms. The van der Waals surface area contributed by atoms with Crippen LogP contribution in [0.3, 0.4) is 0 Å². The number of nitrogens with one attached hydrogen (secondary N) is 1. The molecule has 3 rings (SSSR count). The Labute approximate surface area is 168 Å². The highest BCUT2D eigenvalue weighted by Crippen LogP contribution is 2.25. The van der Waals surface area contributed by atoms with Crippen LogP contribution in [-0.2, 0) is 17.6 Å². The summed E-state index contributed by atoms with van der Waals surface area (Å²) in [5.41, 5.74) is 4.03. The van der Waals surface area contributed by atoms with Gasteiger partial charge in [-0.05, 0) is 75.0 Å². The number of aliphatic hydroxyl groups excluding tert-OH is 1. The molecule has 2 unspecified atom stereocenters. The van der Waals surface area contributed by atoms with Gasteiger partial charge in [0.05, 0.1) is 6.04 Å². The number of nitriles is 1. The van der Waals surface area contributed by atoms with E-state index in [-0.39, 0.29) is 30.2 Å². The largest absolute Gasteiger partial charge is 0.396 e. The molecule has 0 aromatic heterocycles. The van der Waals surface area contributed by atoms with Gasteiger partial charge in [0.15, 0.2) is 0 Å². The summed E-state index contributed by atoms with van der Waals surface area (Å²) in [5.74, 6) is -0.332. The molecule has 0 saturated carbocycles. The number of piperidine rings is 1. The van der Waals surface area contributed by atoms with Crippen LogP contribution in [0.5, 0.6) is 0 Å². The summed E-state index contributed by atoms with van der Waals surface area (Å²) in [6.07, 6.45) is 10.2. The van der Waals surface area contributed by atoms with Crippen LogP contribution in [0.2, 0.25) is 0 Å². The zero-order valence-electron chi connectivity index (χ0n) is 16.8. The standard InChI is InChI=1S/C23H31N3O2/c1-17(19-10-9-18-6-2-3-7-20(18)14-19)25-23(28)21(15-24)16-26-12-5-4-8-22(26)11-13-27/h9-10,14,16-17,22,27H,2-8,11-13H2,1H3,(H,25,28)/b21-16-. The van der Waals surface area contributed by atoms with Gasteiger partial charge in [-0.1, -0.05) is 18.2 Å². The van der Waals surface area contributed by atoms with Gasteiger partial charge < -0.3 is 15.3 Å². The topological polar surface area (TPSA) is 76.4 Å². The minimum absolute atomic E-state index is 0.123. The van der Waals surface area contributed by atoms with Crippen molar-refractivity contribution in [3.05, 3.63) is 46.7 Å². The smallest absolute Gasteiger partial charge is 0.263 e. The Morgan fingerprint density at radius 1 is 1.32 bits per heavy atom. The summed E-state index contributed by atoms with van der Waals surface area (Å²) in [6.45, 7) is 2.91. The van der Waals surface area contributed by atoms with Gasteiger partial charge >= 0.3 is 0 Å². The highest BCUT2D eigenvalue weighted by Gasteiger charge is 2.22. The second-order valence-electron chi connectivity index (χ2n) is 7.98. The number of carbonyl (C=O) groups excluding carboxylic acids is 1. The summed E-state index contributed by atoms with van der Waals surface area (Å²) < 4.78 is 0. The first-order valence-electron chi connectivity index (χ1n) is 10.5. The van der Waals surface area contributed by atoms with E-state index in [1.54, 1.807) is 6.20 Å². The van der Waals surface area contributed by atoms with Crippen molar-refractivity contribution in [2.24, 2.45) is 0 Å². The minimum atomic E-state index is -0.332. The number of nitrogens with zero attached hydrogens (tertiary/aromatic N) is 2. The Bertz CT molecular complexity index is 764. The number of hydrogen-bond acceptors (Lipinski definition) is 4. The van der Waals surface area contributed by atoms with E-state index in [0.717, 1.165) is 44.2 Å². The third-order valence-electron chi connectivity index (χ3n) is 6.02. The lowest BCUT2D eigenvalue weighted by molar-refractivity contribution is -0.117. The molecule has 1 amide bonds. The number of fused-ring (bicyclic) bond motifs is 1. The number of benzene rings is 1. The van der Waals surface area contributed by atoms with Gasteiger partial charge in [0, 0.05) is 25.4 Å². The molecule has 28 heavy (non-hydrogen) atoms. The maximum Gasteiger partial charge on any atom is 0.263 e. The fourth-order valence-electron chi connectivity index (χ4n) is 4.34. The number of likely N-dealkylation sites (tertiary alicyclic amines) is 1. The van der Waals surface area contributed by atoms with E-state index in [4.69, 9.17) is 0 Å². The molecule has 5 nitrogen and oxygen atoms in total. The molecule has 1 aliphatic heterocycles. The van der Waals surface area contributed by atoms with Gasteiger partial charge in [-0.3, -0.25) is 4.79 Å². The van der Waals surface area contributed by atoms with Crippen molar-refractivity contribution in [1.82, 2.24) is 10.2 Å². The Morgan fingerprint density at radius 3 is 2.86 bits per heavy atom. The number of amides is 1. The van der Waals surface area contributed by atoms with Gasteiger partial charge in [0.1, 0.15) is 11.6 Å². The van der Waals surface area contributed by atoms with E-state index in [1.165, 1.54) is 24.0 Å². The van der Waals surface area contributed by atoms with Crippen molar-refractivity contribution in [3.63, 3.8) is 0 Å². The average molecular weight is 382 g/mol. The maximum absolute atomic E-state index is 12.7. The molecule has 1 heterocycles. The predicted molar refractivity (Wildman–Crippen MR) is 109 cm³/mol. The van der Waals surface area contributed by atoms with E-state index in [9.17, 15) is 15.2 Å². The predicted octanol–water partition coefficient (Wildman–Crippen LogP) is 3.39. The van der Waals surface area contributed by atoms with E-state index in [0.29, 0.717) is 6.42 Å². The van der Waals surface area contributed by atoms with Crippen LogP contribution in [-0.4, -0.2) is 35.1 Å². The van der Waals surface area contributed by atoms with Crippen LogP contribution < -0.4 is 5.32 Å². The minimum Gasteiger partial charge on any atom is -0.396 e. The zero-order valence-corrected chi connectivity index (χ0v) is 16.8. The van der Waals surface area contributed by atoms with Crippen molar-refractivity contribution < 1.29 is 9.90 Å². The van der Waals surface area contributed by atoms with Gasteiger partial charge in [0.25, 0.3) is 5.91 Å². The highest BCUT2D eigenvalue weighted by atomic mass is 16.3. The van der Waals surface area contributed by atoms with Crippen LogP contribution in [0.25, 0.3) is 0 Å². The lowest BCUT2D eigenvalue weighted by Crippen LogP contribution is -2.37. The lowest BCUT2D eigenvalue weighted by atomic mass is 9.89. The maximum atomic E-state index is 12.7. The molecule has 1 saturated heterocycles. The Kier molecular flexibility index (Phi) is 7.11. The third-order valence-corrected chi connectivity index (χ3v) is 6.02. The quantitative estimate of drug-likeness (QED) is 0.585. The Balaban J connectivity index is 1.68. The van der Waals surface area contributed by atoms with Gasteiger partial charge in [0.2, 0.25) is 0 Å². The van der Waals surface area contributed by atoms with Gasteiger partial charge in [-0.2, -0.15) is 5.26 Å². The van der Waals surface area contributed by atoms with E-state index in [1.807, 2.05) is 6.92 Å². The number of aliphatic hydroxyl groups is 1. The molecule has 1 aromatic carbocycles. The monoisotopic (exact) mass is 381 g/mol. The summed E-state index contributed by atoms with van der Waals surface area (Å²) in [4.78, 5) is 14.8. The molecule has 2 aliphatic rings. The molecule has 1 aliphatic carbocycles. The summed E-state index contributed by atoms with van der Waals surface area (Å²) in [5, 5.41) is 21.8. The molecule has 0 spiro atoms. The second kappa shape index (κ2) is 9.75. The van der Waals surface area contributed by atoms with E-state index >= 15 is 0 Å². The van der Waals surface area contributed by atoms with Gasteiger partial charge in [-0.25, -0.2) is 0 Å². The molecule has 5 heteroatoms. The first-order valence-corrected chi connectivity index (χ1v) is 10.5. The number of aryl methyl sites for hydroxylation is 2. The fourth-order valence-corrected chi connectivity index (χ4v) is 4.34. The molecule has 1 aromatic rings. The van der Waals surface area contributed by atoms with Crippen molar-refractivity contribution in [3.8, 4) is 6.07 Å². The highest BCUT2D eigenvalue weighted by molar-refractivity contribution is 5.97. The second-order valence-corrected chi connectivity index (χ2v) is 7.98. The summed E-state index contributed by atoms with van der Waals surface area (Å²) in [6, 6.07) is 8.59. The third kappa shape index (κ3) is 4.94. The lowest BCUT2D eigenvalue weighted by Gasteiger charge is -2.34. The zero-order chi connectivity index (χ0) is 19.9. The Hall–Kier alpha value is -2.32. The molecular formula is C23H31N3O2. The normalized spacial score (nSPS) is 20.8. The van der Waals surface area contributed by atoms with E-state index in [2.05, 4.69) is 34.5 Å². The molecule has 150 valence electrons. The number of carbonyl (C=O) groups is 1. The molecule has 2 atom stereocenters. The average Bonchev–Trinajstić information content (AvgIpc) is 2.72. The van der Waals surface area contributed by atoms with Crippen LogP contribution in [0.15, 0.2) is 30.0 Å². The molecule has 0 radical (unpaired) electrons. The molecular weight excluding hydrogens is 350 g/mol. The van der Waals surface area contributed by atoms with Crippen molar-refractivity contribution in [1.29, 1.82) is 5.26 Å². The first kappa shape index (κ1) is 20.4. The van der Waals surface area contributed by atoms with Crippen molar-refractivity contribution >= 4 is 5.91 Å². The first-order chi connectivity index (χ1) is 13.6. The van der Waals surface area contributed by atoms with Gasteiger partial charge in [-0.15, -0.1) is 0 Å². The number of rotatable bonds is 6.